The second-order valence-corrected chi connectivity index (χ2v) is 17.2. The number of nitrogens with zero attached hydrogens (tertiary/aromatic N) is 7. The van der Waals surface area contributed by atoms with Gasteiger partial charge < -0.3 is 15.1 Å². The van der Waals surface area contributed by atoms with Crippen molar-refractivity contribution in [1.82, 2.24) is 40.2 Å². The largest absolute Gasteiger partial charge is 0.371 e. The number of nitrogens with one attached hydrogen (secondary N) is 2. The number of amides is 6. The third-order valence-electron chi connectivity index (χ3n) is 11.3. The SMILES string of the molecule is Cn1ncc(Cl)c1-c1cc(C(=O)N[C@@H](Cc2cccc(F)c2)CN2CCN(CC3CCN(c4cccc5c4C(=O)N(N4CCC(=O)NC4=O)C5=O)CC3)CC2)sc1Cl. The van der Waals surface area contributed by atoms with Crippen molar-refractivity contribution in [1.29, 1.82) is 0 Å². The minimum Gasteiger partial charge on any atom is -0.371 e. The lowest BCUT2D eigenvalue weighted by Crippen LogP contribution is -2.58. The van der Waals surface area contributed by atoms with Gasteiger partial charge in [-0.2, -0.15) is 10.1 Å². The maximum absolute atomic E-state index is 14.2. The molecule has 18 heteroatoms. The number of fused-ring (bicyclic) bond motifs is 1. The van der Waals surface area contributed by atoms with E-state index in [1.54, 1.807) is 36.0 Å². The van der Waals surface area contributed by atoms with Crippen LogP contribution in [0.15, 0.2) is 54.7 Å². The number of carbonyl (C=O) groups excluding carboxylic acids is 5. The lowest BCUT2D eigenvalue weighted by atomic mass is 9.94. The number of aromatic nitrogens is 2. The van der Waals surface area contributed by atoms with Crippen molar-refractivity contribution in [3.63, 3.8) is 0 Å². The molecule has 0 spiro atoms. The highest BCUT2D eigenvalue weighted by molar-refractivity contribution is 7.18. The molecule has 4 aromatic rings. The average Bonchev–Trinajstić information content (AvgIpc) is 3.83. The van der Waals surface area contributed by atoms with Crippen LogP contribution < -0.4 is 15.5 Å². The van der Waals surface area contributed by atoms with Crippen LogP contribution in [0.1, 0.15) is 55.2 Å². The van der Waals surface area contributed by atoms with Gasteiger partial charge in [-0.3, -0.25) is 34.1 Å². The van der Waals surface area contributed by atoms with E-state index in [1.807, 2.05) is 12.1 Å². The second kappa shape index (κ2) is 16.8. The molecule has 4 aliphatic heterocycles. The molecule has 1 atom stereocenters. The lowest BCUT2D eigenvalue weighted by molar-refractivity contribution is -0.122. The zero-order valence-corrected chi connectivity index (χ0v) is 34.1. The van der Waals surface area contributed by atoms with Gasteiger partial charge in [0.15, 0.2) is 0 Å². The highest BCUT2D eigenvalue weighted by atomic mass is 35.5. The van der Waals surface area contributed by atoms with E-state index >= 15 is 0 Å². The van der Waals surface area contributed by atoms with E-state index in [2.05, 4.69) is 30.4 Å². The Morgan fingerprint density at radius 3 is 2.40 bits per heavy atom. The van der Waals surface area contributed by atoms with Crippen molar-refractivity contribution < 1.29 is 28.4 Å². The summed E-state index contributed by atoms with van der Waals surface area (Å²) in [5.74, 6) is -1.71. The molecule has 2 aromatic heterocycles. The molecule has 0 unspecified atom stereocenters. The standard InChI is InChI=1S/C40H42Cl2FN9O5S/c1-47-35(30(41)21-44-47)29-20-32(58-36(29)42)37(54)45-27(19-25-4-2-5-26(43)18-25)23-49-16-14-48(15-17-49)22-24-8-11-50(12-9-24)31-7-3-6-28-34(31)39(56)52(38(28)55)51-13-10-33(53)46-40(51)57/h2-7,18,20-21,24,27H,8-17,19,22-23H2,1H3,(H,45,54)(H,46,53,57)/t27-/m0/s1. The van der Waals surface area contributed by atoms with E-state index in [1.165, 1.54) is 29.7 Å². The Balaban J connectivity index is 0.857. The Morgan fingerprint density at radius 2 is 1.69 bits per heavy atom. The van der Waals surface area contributed by atoms with E-state index < -0.39 is 23.8 Å². The maximum atomic E-state index is 14.2. The summed E-state index contributed by atoms with van der Waals surface area (Å²) in [6, 6.07) is 12.3. The molecule has 0 radical (unpaired) electrons. The number of halogens is 3. The van der Waals surface area contributed by atoms with Gasteiger partial charge in [0, 0.05) is 77.4 Å². The topological polar surface area (TPSA) is 143 Å². The molecule has 58 heavy (non-hydrogen) atoms. The monoisotopic (exact) mass is 849 g/mol. The van der Waals surface area contributed by atoms with E-state index in [-0.39, 0.29) is 41.9 Å². The molecule has 0 bridgehead atoms. The van der Waals surface area contributed by atoms with Gasteiger partial charge in [0.1, 0.15) is 10.2 Å². The number of piperidine rings is 1. The first-order valence-electron chi connectivity index (χ1n) is 19.3. The fourth-order valence-electron chi connectivity index (χ4n) is 8.39. The van der Waals surface area contributed by atoms with Crippen LogP contribution >= 0.6 is 34.5 Å². The molecule has 6 amide bonds. The van der Waals surface area contributed by atoms with Gasteiger partial charge in [-0.15, -0.1) is 11.3 Å². The predicted molar refractivity (Wildman–Crippen MR) is 218 cm³/mol. The number of urea groups is 1. The van der Waals surface area contributed by atoms with Crippen LogP contribution in [0.25, 0.3) is 11.3 Å². The zero-order chi connectivity index (χ0) is 40.7. The van der Waals surface area contributed by atoms with Gasteiger partial charge in [0.25, 0.3) is 17.7 Å². The first-order chi connectivity index (χ1) is 27.9. The molecule has 6 heterocycles. The molecule has 3 fully saturated rings. The van der Waals surface area contributed by atoms with Crippen LogP contribution in [0, 0.1) is 11.7 Å². The highest BCUT2D eigenvalue weighted by Gasteiger charge is 2.45. The number of aryl methyl sites for hydroxylation is 1. The van der Waals surface area contributed by atoms with Gasteiger partial charge in [-0.1, -0.05) is 41.4 Å². The molecule has 0 saturated carbocycles. The molecule has 2 aromatic carbocycles. The predicted octanol–water partition coefficient (Wildman–Crippen LogP) is 4.92. The number of carbonyl (C=O) groups is 5. The molecule has 2 N–H and O–H groups in total. The third-order valence-corrected chi connectivity index (χ3v) is 13.0. The number of piperazine rings is 1. The quantitative estimate of drug-likeness (QED) is 0.201. The number of imide groups is 2. The van der Waals surface area contributed by atoms with Crippen LogP contribution in [0.5, 0.6) is 0 Å². The minimum atomic E-state index is -0.785. The number of hydrogen-bond acceptors (Lipinski definition) is 10. The van der Waals surface area contributed by atoms with E-state index in [0.717, 1.165) is 74.2 Å². The first kappa shape index (κ1) is 39.9. The molecular weight excluding hydrogens is 808 g/mol. The van der Waals surface area contributed by atoms with Gasteiger partial charge in [-0.05, 0) is 61.1 Å². The summed E-state index contributed by atoms with van der Waals surface area (Å²) in [7, 11) is 1.76. The minimum absolute atomic E-state index is 0.00155. The molecule has 8 rings (SSSR count). The Hall–Kier alpha value is -4.87. The number of rotatable bonds is 11. The normalized spacial score (nSPS) is 18.9. The maximum Gasteiger partial charge on any atom is 0.343 e. The number of hydrogen-bond donors (Lipinski definition) is 2. The summed E-state index contributed by atoms with van der Waals surface area (Å²) in [6.07, 6.45) is 3.82. The molecule has 0 aliphatic carbocycles. The fraction of sp³-hybridized carbons (Fsp3) is 0.400. The molecule has 3 saturated heterocycles. The van der Waals surface area contributed by atoms with Crippen molar-refractivity contribution >= 4 is 69.9 Å². The fourth-order valence-corrected chi connectivity index (χ4v) is 9.84. The van der Waals surface area contributed by atoms with Gasteiger partial charge in [0.05, 0.1) is 45.1 Å². The molecular formula is C40H42Cl2FN9O5S. The van der Waals surface area contributed by atoms with Crippen molar-refractivity contribution in [2.75, 3.05) is 63.8 Å². The van der Waals surface area contributed by atoms with Crippen molar-refractivity contribution in [2.24, 2.45) is 13.0 Å². The molecule has 14 nitrogen and oxygen atoms in total. The Morgan fingerprint density at radius 1 is 0.948 bits per heavy atom. The smallest absolute Gasteiger partial charge is 0.343 e. The summed E-state index contributed by atoms with van der Waals surface area (Å²) >= 11 is 14.1. The van der Waals surface area contributed by atoms with Crippen LogP contribution in [0.4, 0.5) is 14.9 Å². The number of benzene rings is 2. The van der Waals surface area contributed by atoms with Crippen molar-refractivity contribution in [2.45, 2.75) is 31.7 Å². The third kappa shape index (κ3) is 8.21. The summed E-state index contributed by atoms with van der Waals surface area (Å²) < 4.78 is 16.2. The Bertz CT molecular complexity index is 2250. The van der Waals surface area contributed by atoms with Crippen molar-refractivity contribution in [3.05, 3.63) is 91.5 Å². The lowest BCUT2D eigenvalue weighted by Gasteiger charge is -2.40. The highest BCUT2D eigenvalue weighted by Crippen LogP contribution is 2.39. The van der Waals surface area contributed by atoms with Crippen LogP contribution in [-0.2, 0) is 18.3 Å². The number of hydrazine groups is 1. The van der Waals surface area contributed by atoms with Gasteiger partial charge in [0.2, 0.25) is 5.91 Å². The molecule has 304 valence electrons. The first-order valence-corrected chi connectivity index (χ1v) is 20.9. The summed E-state index contributed by atoms with van der Waals surface area (Å²) in [5, 5.41) is 11.9. The summed E-state index contributed by atoms with van der Waals surface area (Å²) in [6.45, 7) is 6.28. The van der Waals surface area contributed by atoms with Gasteiger partial charge >= 0.3 is 6.03 Å². The van der Waals surface area contributed by atoms with Crippen LogP contribution in [0.3, 0.4) is 0 Å². The van der Waals surface area contributed by atoms with E-state index in [0.29, 0.717) is 50.1 Å². The zero-order valence-electron chi connectivity index (χ0n) is 31.8. The van der Waals surface area contributed by atoms with E-state index in [4.69, 9.17) is 23.2 Å². The van der Waals surface area contributed by atoms with Crippen molar-refractivity contribution in [3.8, 4) is 11.3 Å². The summed E-state index contributed by atoms with van der Waals surface area (Å²) in [4.78, 5) is 72.2. The number of thiophene rings is 1. The van der Waals surface area contributed by atoms with E-state index in [9.17, 15) is 28.4 Å². The van der Waals surface area contributed by atoms with Crippen LogP contribution in [-0.4, -0.2) is 124 Å². The van der Waals surface area contributed by atoms with Gasteiger partial charge in [-0.25, -0.2) is 14.2 Å². The number of anilines is 1. The second-order valence-electron chi connectivity index (χ2n) is 15.1. The average molecular weight is 851 g/mol. The molecule has 4 aliphatic rings. The Kier molecular flexibility index (Phi) is 11.6. The summed E-state index contributed by atoms with van der Waals surface area (Å²) in [5.41, 5.74) is 3.28. The van der Waals surface area contributed by atoms with Crippen LogP contribution in [0.2, 0.25) is 9.36 Å². The Labute approximate surface area is 348 Å².